The smallest absolute Gasteiger partial charge is 0.347 e. The fraction of sp³-hybridized carbons (Fsp3) is 0.304. The van der Waals surface area contributed by atoms with Gasteiger partial charge in [0, 0.05) is 10.4 Å². The lowest BCUT2D eigenvalue weighted by Crippen LogP contribution is -2.26. The van der Waals surface area contributed by atoms with E-state index in [4.69, 9.17) is 9.47 Å². The van der Waals surface area contributed by atoms with Crippen LogP contribution in [0.5, 0.6) is 5.75 Å². The Kier molecular flexibility index (Phi) is 7.22. The number of esters is 1. The van der Waals surface area contributed by atoms with Gasteiger partial charge >= 0.3 is 5.97 Å². The SMILES string of the molecule is CCOC(=O)[C@H](C)Oc1ccc(C=Nn2c(C(C)C)nc3ccc(Br)cc3c2=O)cc1. The standard InChI is InChI=1S/C23H24BrN3O4/c1-5-30-23(29)15(4)31-18-9-6-16(7-10-18)13-25-27-21(14(2)3)26-20-11-8-17(24)12-19(20)22(27)28/h6-15H,5H2,1-4H3/t15-/m0/s1. The summed E-state index contributed by atoms with van der Waals surface area (Å²) in [5.41, 5.74) is 1.18. The van der Waals surface area contributed by atoms with Gasteiger partial charge in [0.15, 0.2) is 6.10 Å². The van der Waals surface area contributed by atoms with Crippen molar-refractivity contribution in [2.75, 3.05) is 6.61 Å². The van der Waals surface area contributed by atoms with Crippen molar-refractivity contribution in [3.8, 4) is 5.75 Å². The molecule has 0 amide bonds. The number of carbonyl (C=O) groups is 1. The van der Waals surface area contributed by atoms with E-state index in [1.165, 1.54) is 4.68 Å². The van der Waals surface area contributed by atoms with Gasteiger partial charge in [-0.05, 0) is 61.9 Å². The number of fused-ring (bicyclic) bond motifs is 1. The Morgan fingerprint density at radius 3 is 2.55 bits per heavy atom. The highest BCUT2D eigenvalue weighted by Crippen LogP contribution is 2.19. The second kappa shape index (κ2) is 9.87. The van der Waals surface area contributed by atoms with Crippen molar-refractivity contribution in [3.05, 3.63) is 68.7 Å². The number of hydrogen-bond donors (Lipinski definition) is 0. The van der Waals surface area contributed by atoms with Crippen LogP contribution >= 0.6 is 15.9 Å². The quantitative estimate of drug-likeness (QED) is 0.363. The van der Waals surface area contributed by atoms with Crippen LogP contribution in [0.4, 0.5) is 0 Å². The third-order valence-corrected chi connectivity index (χ3v) is 4.98. The highest BCUT2D eigenvalue weighted by atomic mass is 79.9. The zero-order valence-corrected chi connectivity index (χ0v) is 19.4. The van der Waals surface area contributed by atoms with Gasteiger partial charge in [-0.15, -0.1) is 0 Å². The fourth-order valence-electron chi connectivity index (χ4n) is 2.92. The second-order valence-corrected chi connectivity index (χ2v) is 8.14. The summed E-state index contributed by atoms with van der Waals surface area (Å²) in [6, 6.07) is 12.5. The van der Waals surface area contributed by atoms with Gasteiger partial charge in [-0.3, -0.25) is 4.79 Å². The molecule has 0 spiro atoms. The van der Waals surface area contributed by atoms with E-state index in [1.807, 2.05) is 26.0 Å². The molecule has 1 heterocycles. The van der Waals surface area contributed by atoms with E-state index >= 15 is 0 Å². The van der Waals surface area contributed by atoms with E-state index in [0.29, 0.717) is 29.1 Å². The van der Waals surface area contributed by atoms with Crippen LogP contribution in [0.1, 0.15) is 45.0 Å². The van der Waals surface area contributed by atoms with Gasteiger partial charge in [-0.1, -0.05) is 29.8 Å². The van der Waals surface area contributed by atoms with Crippen LogP contribution < -0.4 is 10.3 Å². The maximum Gasteiger partial charge on any atom is 0.347 e. The lowest BCUT2D eigenvalue weighted by atomic mass is 10.2. The van der Waals surface area contributed by atoms with Crippen molar-refractivity contribution in [2.45, 2.75) is 39.7 Å². The van der Waals surface area contributed by atoms with Crippen molar-refractivity contribution < 1.29 is 14.3 Å². The summed E-state index contributed by atoms with van der Waals surface area (Å²) in [5, 5.41) is 4.90. The molecule has 0 unspecified atom stereocenters. The molecule has 31 heavy (non-hydrogen) atoms. The van der Waals surface area contributed by atoms with Crippen LogP contribution in [-0.2, 0) is 9.53 Å². The number of nitrogens with zero attached hydrogens (tertiary/aromatic N) is 3. The Hall–Kier alpha value is -3.00. The summed E-state index contributed by atoms with van der Waals surface area (Å²) in [7, 11) is 0. The van der Waals surface area contributed by atoms with E-state index in [9.17, 15) is 9.59 Å². The van der Waals surface area contributed by atoms with E-state index < -0.39 is 12.1 Å². The Morgan fingerprint density at radius 1 is 1.19 bits per heavy atom. The van der Waals surface area contributed by atoms with E-state index in [1.54, 1.807) is 50.4 Å². The molecule has 0 saturated carbocycles. The number of ether oxygens (including phenoxy) is 2. The molecule has 8 heteroatoms. The summed E-state index contributed by atoms with van der Waals surface area (Å²) < 4.78 is 12.7. The summed E-state index contributed by atoms with van der Waals surface area (Å²) >= 11 is 3.40. The Bertz CT molecular complexity index is 1170. The van der Waals surface area contributed by atoms with Crippen LogP contribution in [0.3, 0.4) is 0 Å². The van der Waals surface area contributed by atoms with E-state index in [2.05, 4.69) is 26.0 Å². The molecular weight excluding hydrogens is 462 g/mol. The molecule has 0 bridgehead atoms. The summed E-state index contributed by atoms with van der Waals surface area (Å²) in [5.74, 6) is 0.719. The largest absolute Gasteiger partial charge is 0.479 e. The third kappa shape index (κ3) is 5.38. The summed E-state index contributed by atoms with van der Waals surface area (Å²) in [6.45, 7) is 7.63. The maximum atomic E-state index is 13.0. The van der Waals surface area contributed by atoms with Gasteiger partial charge in [-0.25, -0.2) is 9.78 Å². The second-order valence-electron chi connectivity index (χ2n) is 7.23. The van der Waals surface area contributed by atoms with Gasteiger partial charge in [0.2, 0.25) is 0 Å². The molecule has 0 fully saturated rings. The highest BCUT2D eigenvalue weighted by molar-refractivity contribution is 9.10. The first-order valence-corrected chi connectivity index (χ1v) is 10.8. The lowest BCUT2D eigenvalue weighted by Gasteiger charge is -2.13. The van der Waals surface area contributed by atoms with Gasteiger partial charge in [-0.2, -0.15) is 9.78 Å². The Labute approximate surface area is 188 Å². The minimum absolute atomic E-state index is 0.0121. The normalized spacial score (nSPS) is 12.5. The predicted octanol–water partition coefficient (Wildman–Crippen LogP) is 4.50. The molecule has 1 atom stereocenters. The van der Waals surface area contributed by atoms with Crippen LogP contribution in [0.25, 0.3) is 10.9 Å². The molecule has 0 radical (unpaired) electrons. The molecule has 7 nitrogen and oxygen atoms in total. The Balaban J connectivity index is 1.87. The molecule has 2 aromatic carbocycles. The fourth-order valence-corrected chi connectivity index (χ4v) is 3.28. The number of benzene rings is 2. The number of aromatic nitrogens is 2. The van der Waals surface area contributed by atoms with Gasteiger partial charge in [0.1, 0.15) is 11.6 Å². The molecule has 0 aliphatic rings. The first kappa shape index (κ1) is 22.7. The summed E-state index contributed by atoms with van der Waals surface area (Å²) in [6.07, 6.45) is 0.895. The number of rotatable bonds is 7. The van der Waals surface area contributed by atoms with Crippen LogP contribution in [0.2, 0.25) is 0 Å². The third-order valence-electron chi connectivity index (χ3n) is 4.48. The van der Waals surface area contributed by atoms with E-state index in [-0.39, 0.29) is 11.5 Å². The first-order valence-electron chi connectivity index (χ1n) is 10.00. The number of halogens is 1. The molecule has 0 aliphatic heterocycles. The van der Waals surface area contributed by atoms with Crippen molar-refractivity contribution in [3.63, 3.8) is 0 Å². The monoisotopic (exact) mass is 485 g/mol. The minimum Gasteiger partial charge on any atom is -0.479 e. The predicted molar refractivity (Wildman–Crippen MR) is 124 cm³/mol. The van der Waals surface area contributed by atoms with Crippen molar-refractivity contribution in [2.24, 2.45) is 5.10 Å². The highest BCUT2D eigenvalue weighted by Gasteiger charge is 2.16. The van der Waals surface area contributed by atoms with E-state index in [0.717, 1.165) is 10.0 Å². The van der Waals surface area contributed by atoms with Gasteiger partial charge in [0.05, 0.1) is 23.7 Å². The van der Waals surface area contributed by atoms with Gasteiger partial charge < -0.3 is 9.47 Å². The molecule has 0 aliphatic carbocycles. The molecule has 0 saturated heterocycles. The Morgan fingerprint density at radius 2 is 1.90 bits per heavy atom. The number of carbonyl (C=O) groups excluding carboxylic acids is 1. The van der Waals surface area contributed by atoms with Crippen molar-refractivity contribution in [1.29, 1.82) is 0 Å². The summed E-state index contributed by atoms with van der Waals surface area (Å²) in [4.78, 5) is 29.4. The van der Waals surface area contributed by atoms with Crippen LogP contribution in [0.15, 0.2) is 56.8 Å². The average Bonchev–Trinajstić information content (AvgIpc) is 2.74. The average molecular weight is 486 g/mol. The molecule has 1 aromatic heterocycles. The van der Waals surface area contributed by atoms with Gasteiger partial charge in [0.25, 0.3) is 5.56 Å². The molecule has 3 aromatic rings. The molecule has 0 N–H and O–H groups in total. The molecule has 162 valence electrons. The zero-order chi connectivity index (χ0) is 22.5. The van der Waals surface area contributed by atoms with Crippen LogP contribution in [-0.4, -0.2) is 34.6 Å². The molecular formula is C23H24BrN3O4. The maximum absolute atomic E-state index is 13.0. The van der Waals surface area contributed by atoms with Crippen molar-refractivity contribution >= 4 is 39.0 Å². The molecule has 3 rings (SSSR count). The van der Waals surface area contributed by atoms with Crippen LogP contribution in [0, 0.1) is 0 Å². The number of hydrogen-bond acceptors (Lipinski definition) is 6. The zero-order valence-electron chi connectivity index (χ0n) is 17.8. The van der Waals surface area contributed by atoms with Crippen molar-refractivity contribution in [1.82, 2.24) is 9.66 Å². The first-order chi connectivity index (χ1) is 14.8. The topological polar surface area (TPSA) is 82.8 Å². The minimum atomic E-state index is -0.699. The lowest BCUT2D eigenvalue weighted by molar-refractivity contribution is -0.150.